The summed E-state index contributed by atoms with van der Waals surface area (Å²) in [5.74, 6) is -0.0375. The normalized spacial score (nSPS) is 17.9. The molecule has 2 heterocycles. The molecule has 1 N–H and O–H groups in total. The fourth-order valence-electron chi connectivity index (χ4n) is 1.58. The maximum atomic E-state index is 10.4. The molecule has 1 aromatic rings. The number of rotatable bonds is 3. The highest BCUT2D eigenvalue weighted by Crippen LogP contribution is 2.25. The van der Waals surface area contributed by atoms with E-state index in [4.69, 9.17) is 14.3 Å². The maximum absolute atomic E-state index is 10.4. The highest BCUT2D eigenvalue weighted by molar-refractivity contribution is 5.68. The van der Waals surface area contributed by atoms with Crippen LogP contribution in [-0.4, -0.2) is 34.5 Å². The van der Waals surface area contributed by atoms with E-state index in [1.165, 1.54) is 0 Å². The van der Waals surface area contributed by atoms with Crippen LogP contribution in [0, 0.1) is 0 Å². The van der Waals surface area contributed by atoms with Gasteiger partial charge in [0.15, 0.2) is 0 Å². The summed E-state index contributed by atoms with van der Waals surface area (Å²) in [6.07, 6.45) is 1.50. The van der Waals surface area contributed by atoms with Crippen LogP contribution in [0.25, 0.3) is 0 Å². The highest BCUT2D eigenvalue weighted by Gasteiger charge is 2.22. The third-order valence-electron chi connectivity index (χ3n) is 2.36. The molecule has 1 aliphatic heterocycles. The van der Waals surface area contributed by atoms with Gasteiger partial charge in [-0.15, -0.1) is 10.2 Å². The Balaban J connectivity index is 2.02. The quantitative estimate of drug-likeness (QED) is 0.789. The lowest BCUT2D eigenvalue weighted by atomic mass is 10.0. The molecule has 0 bridgehead atoms. The van der Waals surface area contributed by atoms with Crippen molar-refractivity contribution < 1.29 is 19.1 Å². The molecule has 6 heteroatoms. The zero-order chi connectivity index (χ0) is 10.7. The fraction of sp³-hybridized carbons (Fsp3) is 0.667. The summed E-state index contributed by atoms with van der Waals surface area (Å²) >= 11 is 0. The standard InChI is InChI=1S/C9H12N2O4/c12-8(13)5-7-10-11-9(15-7)6-1-3-14-4-2-6/h6H,1-5H2,(H,12,13). The van der Waals surface area contributed by atoms with Gasteiger partial charge in [-0.25, -0.2) is 0 Å². The van der Waals surface area contributed by atoms with Crippen LogP contribution in [-0.2, 0) is 16.0 Å². The van der Waals surface area contributed by atoms with Gasteiger partial charge in [-0.3, -0.25) is 4.79 Å². The second kappa shape index (κ2) is 4.39. The molecule has 1 aromatic heterocycles. The summed E-state index contributed by atoms with van der Waals surface area (Å²) in [7, 11) is 0. The molecule has 0 aromatic carbocycles. The average Bonchev–Trinajstić information content (AvgIpc) is 2.67. The Morgan fingerprint density at radius 3 is 2.80 bits per heavy atom. The number of nitrogens with zero attached hydrogens (tertiary/aromatic N) is 2. The van der Waals surface area contributed by atoms with Crippen LogP contribution in [0.15, 0.2) is 4.42 Å². The zero-order valence-electron chi connectivity index (χ0n) is 8.18. The minimum atomic E-state index is -0.961. The van der Waals surface area contributed by atoms with Crippen LogP contribution in [0.5, 0.6) is 0 Å². The fourth-order valence-corrected chi connectivity index (χ4v) is 1.58. The van der Waals surface area contributed by atoms with Crippen molar-refractivity contribution in [3.63, 3.8) is 0 Å². The largest absolute Gasteiger partial charge is 0.481 e. The van der Waals surface area contributed by atoms with E-state index in [0.29, 0.717) is 19.1 Å². The topological polar surface area (TPSA) is 85.5 Å². The molecule has 6 nitrogen and oxygen atoms in total. The maximum Gasteiger partial charge on any atom is 0.312 e. The minimum absolute atomic E-state index is 0.170. The van der Waals surface area contributed by atoms with Crippen molar-refractivity contribution >= 4 is 5.97 Å². The Morgan fingerprint density at radius 2 is 2.13 bits per heavy atom. The summed E-state index contributed by atoms with van der Waals surface area (Å²) in [5.41, 5.74) is 0. The molecule has 0 amide bonds. The Hall–Kier alpha value is -1.43. The molecule has 0 aliphatic carbocycles. The van der Waals surface area contributed by atoms with Crippen molar-refractivity contribution in [1.29, 1.82) is 0 Å². The SMILES string of the molecule is O=C(O)Cc1nnc(C2CCOCC2)o1. The van der Waals surface area contributed by atoms with E-state index in [2.05, 4.69) is 10.2 Å². The minimum Gasteiger partial charge on any atom is -0.481 e. The molecule has 0 unspecified atom stereocenters. The van der Waals surface area contributed by atoms with Crippen molar-refractivity contribution in [1.82, 2.24) is 10.2 Å². The Kier molecular flexibility index (Phi) is 2.96. The first-order valence-corrected chi connectivity index (χ1v) is 4.87. The molecule has 82 valence electrons. The molecule has 2 rings (SSSR count). The predicted octanol–water partition coefficient (Wildman–Crippen LogP) is 0.591. The van der Waals surface area contributed by atoms with E-state index >= 15 is 0 Å². The molecule has 1 aliphatic rings. The van der Waals surface area contributed by atoms with E-state index in [1.807, 2.05) is 0 Å². The first kappa shape index (κ1) is 10.1. The van der Waals surface area contributed by atoms with Gasteiger partial charge in [-0.1, -0.05) is 0 Å². The van der Waals surface area contributed by atoms with Gasteiger partial charge in [-0.05, 0) is 12.8 Å². The van der Waals surface area contributed by atoms with Crippen LogP contribution in [0.1, 0.15) is 30.5 Å². The summed E-state index contributed by atoms with van der Waals surface area (Å²) < 4.78 is 10.5. The second-order valence-corrected chi connectivity index (χ2v) is 3.49. The highest BCUT2D eigenvalue weighted by atomic mass is 16.5. The van der Waals surface area contributed by atoms with Crippen LogP contribution >= 0.6 is 0 Å². The number of aliphatic carboxylic acids is 1. The summed E-state index contributed by atoms with van der Waals surface area (Å²) in [4.78, 5) is 10.4. The van der Waals surface area contributed by atoms with Crippen molar-refractivity contribution in [2.75, 3.05) is 13.2 Å². The first-order valence-electron chi connectivity index (χ1n) is 4.87. The average molecular weight is 212 g/mol. The van der Waals surface area contributed by atoms with Crippen molar-refractivity contribution in [3.05, 3.63) is 11.8 Å². The van der Waals surface area contributed by atoms with E-state index < -0.39 is 5.97 Å². The third kappa shape index (κ3) is 2.53. The first-order chi connectivity index (χ1) is 7.25. The molecule has 1 fully saturated rings. The van der Waals surface area contributed by atoms with Gasteiger partial charge in [0.05, 0.1) is 0 Å². The van der Waals surface area contributed by atoms with Gasteiger partial charge in [0.25, 0.3) is 0 Å². The molecule has 0 atom stereocenters. The third-order valence-corrected chi connectivity index (χ3v) is 2.36. The number of hydrogen-bond acceptors (Lipinski definition) is 5. The number of aromatic nitrogens is 2. The number of carbonyl (C=O) groups is 1. The molecular weight excluding hydrogens is 200 g/mol. The van der Waals surface area contributed by atoms with Gasteiger partial charge < -0.3 is 14.3 Å². The summed E-state index contributed by atoms with van der Waals surface area (Å²) in [6, 6.07) is 0. The Morgan fingerprint density at radius 1 is 1.40 bits per heavy atom. The van der Waals surface area contributed by atoms with E-state index in [-0.39, 0.29) is 18.2 Å². The van der Waals surface area contributed by atoms with Crippen LogP contribution < -0.4 is 0 Å². The lowest BCUT2D eigenvalue weighted by Gasteiger charge is -2.18. The molecular formula is C9H12N2O4. The van der Waals surface area contributed by atoms with Gasteiger partial charge in [0, 0.05) is 19.1 Å². The van der Waals surface area contributed by atoms with E-state index in [0.717, 1.165) is 12.8 Å². The van der Waals surface area contributed by atoms with Crippen LogP contribution in [0.3, 0.4) is 0 Å². The predicted molar refractivity (Wildman–Crippen MR) is 48.4 cm³/mol. The van der Waals surface area contributed by atoms with Gasteiger partial charge in [-0.2, -0.15) is 0 Å². The van der Waals surface area contributed by atoms with Crippen LogP contribution in [0.4, 0.5) is 0 Å². The van der Waals surface area contributed by atoms with Crippen molar-refractivity contribution in [2.45, 2.75) is 25.2 Å². The molecule has 0 saturated carbocycles. The monoisotopic (exact) mass is 212 g/mol. The number of hydrogen-bond donors (Lipinski definition) is 1. The zero-order valence-corrected chi connectivity index (χ0v) is 8.18. The molecule has 0 spiro atoms. The second-order valence-electron chi connectivity index (χ2n) is 3.49. The Labute approximate surface area is 86.3 Å². The summed E-state index contributed by atoms with van der Waals surface area (Å²) in [6.45, 7) is 1.39. The lowest BCUT2D eigenvalue weighted by molar-refractivity contribution is -0.136. The Bertz CT molecular complexity index is 344. The number of carboxylic acid groups (broad SMARTS) is 1. The number of carboxylic acids is 1. The van der Waals surface area contributed by atoms with Gasteiger partial charge in [0.2, 0.25) is 11.8 Å². The number of ether oxygens (including phenoxy) is 1. The molecule has 0 radical (unpaired) electrons. The molecule has 15 heavy (non-hydrogen) atoms. The lowest BCUT2D eigenvalue weighted by Crippen LogP contribution is -2.14. The smallest absolute Gasteiger partial charge is 0.312 e. The van der Waals surface area contributed by atoms with E-state index in [9.17, 15) is 4.79 Å². The van der Waals surface area contributed by atoms with Gasteiger partial charge >= 0.3 is 5.97 Å². The van der Waals surface area contributed by atoms with Crippen molar-refractivity contribution in [3.8, 4) is 0 Å². The summed E-state index contributed by atoms with van der Waals surface area (Å²) in [5, 5.41) is 16.1. The van der Waals surface area contributed by atoms with Gasteiger partial charge in [0.1, 0.15) is 6.42 Å². The van der Waals surface area contributed by atoms with Crippen molar-refractivity contribution in [2.24, 2.45) is 0 Å². The van der Waals surface area contributed by atoms with Crippen LogP contribution in [0.2, 0.25) is 0 Å². The molecule has 1 saturated heterocycles. The van der Waals surface area contributed by atoms with E-state index in [1.54, 1.807) is 0 Å².